The van der Waals surface area contributed by atoms with Gasteiger partial charge >= 0.3 is 6.18 Å². The van der Waals surface area contributed by atoms with E-state index in [4.69, 9.17) is 4.74 Å². The van der Waals surface area contributed by atoms with Crippen LogP contribution in [0.4, 0.5) is 13.2 Å². The number of alkyl halides is 3. The highest BCUT2D eigenvalue weighted by Crippen LogP contribution is 2.32. The molecule has 0 aliphatic rings. The van der Waals surface area contributed by atoms with E-state index in [0.717, 1.165) is 6.07 Å². The second-order valence-corrected chi connectivity index (χ2v) is 4.81. The minimum absolute atomic E-state index is 0.135. The van der Waals surface area contributed by atoms with Crippen LogP contribution in [0.25, 0.3) is 0 Å². The van der Waals surface area contributed by atoms with Gasteiger partial charge in [-0.25, -0.2) is 0 Å². The molecule has 0 aliphatic heterocycles. The largest absolute Gasteiger partial charge is 0.416 e. The molecule has 0 saturated carbocycles. The van der Waals surface area contributed by atoms with Crippen LogP contribution in [0.15, 0.2) is 24.3 Å². The van der Waals surface area contributed by atoms with Crippen LogP contribution < -0.4 is 0 Å². The molecular weight excluding hydrogens is 255 g/mol. The third kappa shape index (κ3) is 5.61. The summed E-state index contributed by atoms with van der Waals surface area (Å²) < 4.78 is 43.8. The van der Waals surface area contributed by atoms with Crippen LogP contribution in [0, 0.1) is 0 Å². The van der Waals surface area contributed by atoms with Gasteiger partial charge in [-0.3, -0.25) is 4.90 Å². The van der Waals surface area contributed by atoms with Crippen molar-refractivity contribution in [1.82, 2.24) is 4.90 Å². The van der Waals surface area contributed by atoms with Gasteiger partial charge in [-0.1, -0.05) is 18.2 Å². The standard InChI is InChI=1S/C14H20F3NO/c1-11(2)19-9-8-18(3)10-12-6-4-5-7-13(12)14(15,16)17/h4-7,11H,8-10H2,1-3H3. The molecule has 1 aromatic carbocycles. The van der Waals surface area contributed by atoms with Gasteiger partial charge in [0.1, 0.15) is 0 Å². The molecule has 108 valence electrons. The van der Waals surface area contributed by atoms with E-state index in [2.05, 4.69) is 0 Å². The molecule has 0 saturated heterocycles. The molecule has 0 heterocycles. The van der Waals surface area contributed by atoms with Crippen LogP contribution >= 0.6 is 0 Å². The van der Waals surface area contributed by atoms with Gasteiger partial charge in [0.05, 0.1) is 18.3 Å². The highest BCUT2D eigenvalue weighted by Gasteiger charge is 2.32. The molecule has 0 spiro atoms. The van der Waals surface area contributed by atoms with Crippen LogP contribution in [-0.4, -0.2) is 31.2 Å². The van der Waals surface area contributed by atoms with Gasteiger partial charge in [-0.2, -0.15) is 13.2 Å². The zero-order valence-electron chi connectivity index (χ0n) is 11.5. The minimum Gasteiger partial charge on any atom is -0.377 e. The van der Waals surface area contributed by atoms with E-state index in [1.165, 1.54) is 12.1 Å². The predicted octanol–water partition coefficient (Wildman–Crippen LogP) is 3.56. The smallest absolute Gasteiger partial charge is 0.377 e. The lowest BCUT2D eigenvalue weighted by Gasteiger charge is -2.20. The summed E-state index contributed by atoms with van der Waals surface area (Å²) in [6, 6.07) is 5.67. The Morgan fingerprint density at radius 2 is 1.84 bits per heavy atom. The monoisotopic (exact) mass is 275 g/mol. The van der Waals surface area contributed by atoms with E-state index in [1.807, 2.05) is 18.7 Å². The summed E-state index contributed by atoms with van der Waals surface area (Å²) in [4.78, 5) is 1.83. The lowest BCUT2D eigenvalue weighted by Crippen LogP contribution is -2.25. The molecule has 1 aromatic rings. The average Bonchev–Trinajstić information content (AvgIpc) is 2.27. The van der Waals surface area contributed by atoms with E-state index < -0.39 is 11.7 Å². The van der Waals surface area contributed by atoms with E-state index in [9.17, 15) is 13.2 Å². The van der Waals surface area contributed by atoms with Gasteiger partial charge in [-0.05, 0) is 32.5 Å². The van der Waals surface area contributed by atoms with Crippen molar-refractivity contribution in [2.75, 3.05) is 20.2 Å². The van der Waals surface area contributed by atoms with Gasteiger partial charge < -0.3 is 4.74 Å². The molecule has 2 nitrogen and oxygen atoms in total. The van der Waals surface area contributed by atoms with Crippen LogP contribution in [0.5, 0.6) is 0 Å². The van der Waals surface area contributed by atoms with Crippen LogP contribution in [0.1, 0.15) is 25.0 Å². The Kier molecular flexibility index (Phi) is 5.82. The summed E-state index contributed by atoms with van der Waals surface area (Å²) in [5.74, 6) is 0. The Morgan fingerprint density at radius 3 is 2.42 bits per heavy atom. The fraction of sp³-hybridized carbons (Fsp3) is 0.571. The maximum Gasteiger partial charge on any atom is 0.416 e. The third-order valence-electron chi connectivity index (χ3n) is 2.69. The zero-order valence-corrected chi connectivity index (χ0v) is 11.5. The molecule has 0 unspecified atom stereocenters. The van der Waals surface area contributed by atoms with Crippen molar-refractivity contribution in [2.45, 2.75) is 32.7 Å². The summed E-state index contributed by atoms with van der Waals surface area (Å²) in [6.45, 7) is 5.24. The number of nitrogens with zero attached hydrogens (tertiary/aromatic N) is 1. The molecule has 0 aromatic heterocycles. The van der Waals surface area contributed by atoms with E-state index >= 15 is 0 Å². The zero-order chi connectivity index (χ0) is 14.5. The quantitative estimate of drug-likeness (QED) is 0.787. The molecule has 0 atom stereocenters. The summed E-state index contributed by atoms with van der Waals surface area (Å²) in [5, 5.41) is 0. The fourth-order valence-electron chi connectivity index (χ4n) is 1.75. The molecule has 0 N–H and O–H groups in total. The third-order valence-corrected chi connectivity index (χ3v) is 2.69. The normalized spacial score (nSPS) is 12.4. The number of benzene rings is 1. The molecule has 0 fully saturated rings. The second-order valence-electron chi connectivity index (χ2n) is 4.81. The number of likely N-dealkylation sites (N-methyl/N-ethyl adjacent to an activating group) is 1. The van der Waals surface area contributed by atoms with Gasteiger partial charge in [0.2, 0.25) is 0 Å². The summed E-state index contributed by atoms with van der Waals surface area (Å²) in [6.07, 6.45) is -4.16. The number of ether oxygens (including phenoxy) is 1. The molecule has 0 aliphatic carbocycles. The maximum absolute atomic E-state index is 12.8. The maximum atomic E-state index is 12.8. The summed E-state index contributed by atoms with van der Waals surface area (Å²) in [7, 11) is 1.79. The molecule has 5 heteroatoms. The highest BCUT2D eigenvalue weighted by atomic mass is 19.4. The molecule has 0 bridgehead atoms. The number of hydrogen-bond donors (Lipinski definition) is 0. The Balaban J connectivity index is 2.62. The molecule has 1 rings (SSSR count). The van der Waals surface area contributed by atoms with Crippen molar-refractivity contribution >= 4 is 0 Å². The predicted molar refractivity (Wildman–Crippen MR) is 68.9 cm³/mol. The Bertz CT molecular complexity index is 391. The van der Waals surface area contributed by atoms with E-state index in [1.54, 1.807) is 13.1 Å². The second kappa shape index (κ2) is 6.91. The van der Waals surface area contributed by atoms with Gasteiger partial charge in [0.15, 0.2) is 0 Å². The Morgan fingerprint density at radius 1 is 1.21 bits per heavy atom. The van der Waals surface area contributed by atoms with E-state index in [-0.39, 0.29) is 12.6 Å². The SMILES string of the molecule is CC(C)OCCN(C)Cc1ccccc1C(F)(F)F. The van der Waals surface area contributed by atoms with Crippen LogP contribution in [-0.2, 0) is 17.5 Å². The molecule has 0 radical (unpaired) electrons. The van der Waals surface area contributed by atoms with E-state index in [0.29, 0.717) is 18.7 Å². The average molecular weight is 275 g/mol. The minimum atomic E-state index is -4.30. The van der Waals surface area contributed by atoms with Gasteiger partial charge in [0, 0.05) is 13.1 Å². The first kappa shape index (κ1) is 16.0. The van der Waals surface area contributed by atoms with Crippen molar-refractivity contribution in [3.05, 3.63) is 35.4 Å². The van der Waals surface area contributed by atoms with Crippen LogP contribution in [0.2, 0.25) is 0 Å². The van der Waals surface area contributed by atoms with Gasteiger partial charge in [0.25, 0.3) is 0 Å². The molecule has 0 amide bonds. The summed E-state index contributed by atoms with van der Waals surface area (Å²) >= 11 is 0. The lowest BCUT2D eigenvalue weighted by molar-refractivity contribution is -0.138. The Hall–Kier alpha value is -1.07. The van der Waals surface area contributed by atoms with Crippen molar-refractivity contribution < 1.29 is 17.9 Å². The van der Waals surface area contributed by atoms with Crippen molar-refractivity contribution in [3.8, 4) is 0 Å². The first-order valence-corrected chi connectivity index (χ1v) is 6.26. The topological polar surface area (TPSA) is 12.5 Å². The van der Waals surface area contributed by atoms with Crippen molar-refractivity contribution in [3.63, 3.8) is 0 Å². The summed E-state index contributed by atoms with van der Waals surface area (Å²) in [5.41, 5.74) is -0.270. The number of rotatable bonds is 6. The molecular formula is C14H20F3NO. The first-order chi connectivity index (χ1) is 8.80. The highest BCUT2D eigenvalue weighted by molar-refractivity contribution is 5.29. The Labute approximate surface area is 112 Å². The number of hydrogen-bond acceptors (Lipinski definition) is 2. The first-order valence-electron chi connectivity index (χ1n) is 6.26. The van der Waals surface area contributed by atoms with Crippen molar-refractivity contribution in [1.29, 1.82) is 0 Å². The lowest BCUT2D eigenvalue weighted by atomic mass is 10.1. The van der Waals surface area contributed by atoms with Crippen LogP contribution in [0.3, 0.4) is 0 Å². The molecule has 19 heavy (non-hydrogen) atoms. The fourth-order valence-corrected chi connectivity index (χ4v) is 1.75. The van der Waals surface area contributed by atoms with Crippen molar-refractivity contribution in [2.24, 2.45) is 0 Å². The number of halogens is 3. The van der Waals surface area contributed by atoms with Gasteiger partial charge in [-0.15, -0.1) is 0 Å².